The lowest BCUT2D eigenvalue weighted by molar-refractivity contribution is -0.126. The van der Waals surface area contributed by atoms with Gasteiger partial charge in [0, 0.05) is 12.6 Å². The minimum Gasteiger partial charge on any atom is -0.459 e. The smallest absolute Gasteiger partial charge is 0.283 e. The third-order valence-electron chi connectivity index (χ3n) is 4.01. The normalized spacial score (nSPS) is 11.5. The monoisotopic (exact) mass is 394 g/mol. The fraction of sp³-hybridized carbons (Fsp3) is 0.200. The third-order valence-corrected chi connectivity index (χ3v) is 5.01. The number of benzene rings is 1. The molecule has 1 amide bonds. The van der Waals surface area contributed by atoms with Crippen molar-refractivity contribution in [1.82, 2.24) is 20.1 Å². The number of aromatic nitrogens is 3. The summed E-state index contributed by atoms with van der Waals surface area (Å²) >= 11 is 1.55. The molecule has 3 aromatic heterocycles. The molecule has 4 aromatic rings. The molecule has 3 heterocycles. The van der Waals surface area contributed by atoms with Crippen molar-refractivity contribution >= 4 is 33.5 Å². The molecule has 0 fully saturated rings. The quantitative estimate of drug-likeness (QED) is 0.432. The van der Waals surface area contributed by atoms with Crippen LogP contribution in [-0.4, -0.2) is 32.5 Å². The second-order valence-corrected chi connectivity index (χ2v) is 7.15. The van der Waals surface area contributed by atoms with Crippen LogP contribution in [0.5, 0.6) is 0 Å². The van der Waals surface area contributed by atoms with E-state index in [0.29, 0.717) is 24.1 Å². The van der Waals surface area contributed by atoms with Gasteiger partial charge in [-0.2, -0.15) is 0 Å². The van der Waals surface area contributed by atoms with Crippen molar-refractivity contribution in [2.45, 2.75) is 19.9 Å². The first kappa shape index (κ1) is 18.1. The van der Waals surface area contributed by atoms with Gasteiger partial charge in [-0.3, -0.25) is 4.79 Å². The molecule has 1 aromatic carbocycles. The Balaban J connectivity index is 1.46. The average Bonchev–Trinajstić information content (AvgIpc) is 3.45. The summed E-state index contributed by atoms with van der Waals surface area (Å²) in [4.78, 5) is 18.9. The summed E-state index contributed by atoms with van der Waals surface area (Å²) in [5.41, 5.74) is 0.932. The number of rotatable bonds is 7. The van der Waals surface area contributed by atoms with Crippen molar-refractivity contribution in [3.63, 3.8) is 0 Å². The molecular weight excluding hydrogens is 376 g/mol. The van der Waals surface area contributed by atoms with Crippen LogP contribution in [0.1, 0.15) is 24.2 Å². The Morgan fingerprint density at radius 1 is 1.21 bits per heavy atom. The lowest BCUT2D eigenvalue weighted by atomic mass is 10.3. The molecule has 4 rings (SSSR count). The molecule has 0 aliphatic carbocycles. The maximum atomic E-state index is 12.7. The van der Waals surface area contributed by atoms with Crippen LogP contribution in [0.2, 0.25) is 0 Å². The molecule has 0 saturated carbocycles. The van der Waals surface area contributed by atoms with E-state index in [0.717, 1.165) is 21.6 Å². The van der Waals surface area contributed by atoms with E-state index in [-0.39, 0.29) is 12.5 Å². The van der Waals surface area contributed by atoms with Crippen LogP contribution in [0.4, 0.5) is 0 Å². The van der Waals surface area contributed by atoms with Gasteiger partial charge in [0.15, 0.2) is 5.76 Å². The Bertz CT molecular complexity index is 1060. The second-order valence-electron chi connectivity index (χ2n) is 6.09. The van der Waals surface area contributed by atoms with Gasteiger partial charge in [-0.1, -0.05) is 19.1 Å². The number of carbonyl (C=O) groups is 1. The molecule has 0 saturated heterocycles. The molecule has 28 heavy (non-hydrogen) atoms. The van der Waals surface area contributed by atoms with E-state index < -0.39 is 0 Å². The fourth-order valence-corrected chi connectivity index (χ4v) is 3.60. The number of nitrogens with zero attached hydrogens (tertiary/aromatic N) is 4. The third kappa shape index (κ3) is 4.01. The lowest BCUT2D eigenvalue weighted by Crippen LogP contribution is -2.29. The van der Waals surface area contributed by atoms with Crippen molar-refractivity contribution in [1.29, 1.82) is 0 Å². The second kappa shape index (κ2) is 8.18. The van der Waals surface area contributed by atoms with Crippen LogP contribution < -0.4 is 0 Å². The standard InChI is InChI=1S/C20H18N4O3S/c1-2-11-24(13-17-22-23-20(27-17)15-7-5-12-26-15)19(25)10-9-18-21-14-6-3-4-8-16(14)28-18/h3-10,12H,2,11,13H2,1H3/b10-9+. The molecule has 8 heteroatoms. The number of hydrogen-bond acceptors (Lipinski definition) is 7. The highest BCUT2D eigenvalue weighted by atomic mass is 32.1. The molecule has 7 nitrogen and oxygen atoms in total. The molecule has 0 N–H and O–H groups in total. The first-order valence-electron chi connectivity index (χ1n) is 8.91. The van der Waals surface area contributed by atoms with Crippen molar-refractivity contribution in [2.75, 3.05) is 6.54 Å². The van der Waals surface area contributed by atoms with E-state index in [1.165, 1.54) is 6.08 Å². The summed E-state index contributed by atoms with van der Waals surface area (Å²) < 4.78 is 12.0. The minimum atomic E-state index is -0.126. The van der Waals surface area contributed by atoms with Crippen LogP contribution in [0.25, 0.3) is 27.9 Å². The predicted octanol–water partition coefficient (Wildman–Crippen LogP) is 4.39. The average molecular weight is 394 g/mol. The predicted molar refractivity (Wildman–Crippen MR) is 106 cm³/mol. The highest BCUT2D eigenvalue weighted by molar-refractivity contribution is 7.19. The number of thiazole rings is 1. The van der Waals surface area contributed by atoms with Gasteiger partial charge in [0.25, 0.3) is 5.89 Å². The molecule has 0 atom stereocenters. The Kier molecular flexibility index (Phi) is 5.29. The Morgan fingerprint density at radius 3 is 2.89 bits per heavy atom. The summed E-state index contributed by atoms with van der Waals surface area (Å²) in [7, 11) is 0. The molecule has 0 unspecified atom stereocenters. The largest absolute Gasteiger partial charge is 0.459 e. The molecule has 0 spiro atoms. The number of fused-ring (bicyclic) bond motifs is 1. The molecule has 0 bridgehead atoms. The number of carbonyl (C=O) groups excluding carboxylic acids is 1. The minimum absolute atomic E-state index is 0.126. The van der Waals surface area contributed by atoms with E-state index in [9.17, 15) is 4.79 Å². The molecule has 0 aliphatic rings. The zero-order chi connectivity index (χ0) is 19.3. The zero-order valence-corrected chi connectivity index (χ0v) is 16.1. The number of para-hydroxylation sites is 1. The number of furan rings is 1. The van der Waals surface area contributed by atoms with Gasteiger partial charge in [0.1, 0.15) is 5.01 Å². The maximum absolute atomic E-state index is 12.7. The number of hydrogen-bond donors (Lipinski definition) is 0. The first-order chi connectivity index (χ1) is 13.7. The molecule has 0 aliphatic heterocycles. The van der Waals surface area contributed by atoms with Gasteiger partial charge < -0.3 is 13.7 Å². The van der Waals surface area contributed by atoms with Crippen LogP contribution in [-0.2, 0) is 11.3 Å². The molecule has 142 valence electrons. The summed E-state index contributed by atoms with van der Waals surface area (Å²) in [6.07, 6.45) is 5.65. The van der Waals surface area contributed by atoms with E-state index in [4.69, 9.17) is 8.83 Å². The van der Waals surface area contributed by atoms with Crippen molar-refractivity contribution in [3.8, 4) is 11.7 Å². The summed E-state index contributed by atoms with van der Waals surface area (Å²) in [5.74, 6) is 1.04. The molecular formula is C20H18N4O3S. The van der Waals surface area contributed by atoms with Crippen LogP contribution in [0.15, 0.2) is 57.6 Å². The van der Waals surface area contributed by atoms with Crippen molar-refractivity contribution < 1.29 is 13.6 Å². The molecule has 0 radical (unpaired) electrons. The summed E-state index contributed by atoms with van der Waals surface area (Å²) in [6.45, 7) is 2.84. The SMILES string of the molecule is CCCN(Cc1nnc(-c2ccco2)o1)C(=O)/C=C/c1nc2ccccc2s1. The summed E-state index contributed by atoms with van der Waals surface area (Å²) in [6, 6.07) is 11.4. The van der Waals surface area contributed by atoms with Crippen LogP contribution in [0.3, 0.4) is 0 Å². The van der Waals surface area contributed by atoms with Gasteiger partial charge in [0.05, 0.1) is 23.0 Å². The fourth-order valence-electron chi connectivity index (χ4n) is 2.73. The maximum Gasteiger partial charge on any atom is 0.283 e. The van der Waals surface area contributed by atoms with Gasteiger partial charge >= 0.3 is 0 Å². The first-order valence-corrected chi connectivity index (χ1v) is 9.73. The summed E-state index contributed by atoms with van der Waals surface area (Å²) in [5, 5.41) is 8.79. The van der Waals surface area contributed by atoms with E-state index >= 15 is 0 Å². The van der Waals surface area contributed by atoms with E-state index in [1.807, 2.05) is 31.2 Å². The number of amides is 1. The van der Waals surface area contributed by atoms with Gasteiger partial charge in [-0.15, -0.1) is 21.5 Å². The van der Waals surface area contributed by atoms with E-state index in [2.05, 4.69) is 15.2 Å². The highest BCUT2D eigenvalue weighted by Gasteiger charge is 2.16. The van der Waals surface area contributed by atoms with E-state index in [1.54, 1.807) is 40.7 Å². The topological polar surface area (TPSA) is 85.3 Å². The Labute approximate surface area is 165 Å². The lowest BCUT2D eigenvalue weighted by Gasteiger charge is -2.18. The van der Waals surface area contributed by atoms with Gasteiger partial charge in [-0.25, -0.2) is 4.98 Å². The van der Waals surface area contributed by atoms with Crippen molar-refractivity contribution in [3.05, 3.63) is 59.6 Å². The van der Waals surface area contributed by atoms with Crippen LogP contribution in [0, 0.1) is 0 Å². The van der Waals surface area contributed by atoms with Crippen molar-refractivity contribution in [2.24, 2.45) is 0 Å². The van der Waals surface area contributed by atoms with Gasteiger partial charge in [0.2, 0.25) is 11.8 Å². The Hall–Kier alpha value is -3.26. The highest BCUT2D eigenvalue weighted by Crippen LogP contribution is 2.22. The zero-order valence-electron chi connectivity index (χ0n) is 15.2. The Morgan fingerprint density at radius 2 is 2.11 bits per heavy atom. The van der Waals surface area contributed by atoms with Crippen LogP contribution >= 0.6 is 11.3 Å². The van der Waals surface area contributed by atoms with Gasteiger partial charge in [-0.05, 0) is 36.8 Å².